The molecule has 0 heterocycles. The summed E-state index contributed by atoms with van der Waals surface area (Å²) in [6.45, 7) is 1.98. The highest BCUT2D eigenvalue weighted by molar-refractivity contribution is 14.1. The van der Waals surface area contributed by atoms with Crippen molar-refractivity contribution in [3.8, 4) is 23.0 Å². The Hall–Kier alpha value is -1.43. The van der Waals surface area contributed by atoms with E-state index in [1.165, 1.54) is 12.1 Å². The van der Waals surface area contributed by atoms with Gasteiger partial charge in [0.15, 0.2) is 11.5 Å². The Kier molecular flexibility index (Phi) is 3.42. The standard InChI is InChI=1S/C13H11IO3/c1-8-2-4-10(14)13(6-8)17-9-3-5-11(15)12(16)7-9/h2-7,15-16H,1H3. The van der Waals surface area contributed by atoms with E-state index < -0.39 is 0 Å². The smallest absolute Gasteiger partial charge is 0.161 e. The number of halogens is 1. The van der Waals surface area contributed by atoms with Gasteiger partial charge < -0.3 is 14.9 Å². The second-order valence-corrected chi connectivity index (χ2v) is 4.85. The molecule has 2 aromatic rings. The molecule has 2 N–H and O–H groups in total. The third kappa shape index (κ3) is 2.82. The van der Waals surface area contributed by atoms with Crippen molar-refractivity contribution < 1.29 is 14.9 Å². The second-order valence-electron chi connectivity index (χ2n) is 3.69. The van der Waals surface area contributed by atoms with Crippen LogP contribution >= 0.6 is 22.6 Å². The van der Waals surface area contributed by atoms with Crippen LogP contribution < -0.4 is 4.74 Å². The van der Waals surface area contributed by atoms with Crippen LogP contribution in [0.2, 0.25) is 0 Å². The third-order valence-corrected chi connectivity index (χ3v) is 3.15. The maximum absolute atomic E-state index is 9.37. The summed E-state index contributed by atoms with van der Waals surface area (Å²) in [5.74, 6) is 0.876. The fourth-order valence-electron chi connectivity index (χ4n) is 1.38. The van der Waals surface area contributed by atoms with Gasteiger partial charge in [0, 0.05) is 6.07 Å². The number of aryl methyl sites for hydroxylation is 1. The van der Waals surface area contributed by atoms with Crippen molar-refractivity contribution in [3.05, 3.63) is 45.5 Å². The highest BCUT2D eigenvalue weighted by atomic mass is 127. The first-order valence-electron chi connectivity index (χ1n) is 5.02. The molecule has 0 atom stereocenters. The van der Waals surface area contributed by atoms with Gasteiger partial charge in [0.25, 0.3) is 0 Å². The molecule has 17 heavy (non-hydrogen) atoms. The highest BCUT2D eigenvalue weighted by Crippen LogP contribution is 2.33. The van der Waals surface area contributed by atoms with Crippen molar-refractivity contribution in [2.75, 3.05) is 0 Å². The number of rotatable bonds is 2. The van der Waals surface area contributed by atoms with E-state index in [9.17, 15) is 10.2 Å². The number of hydrogen-bond acceptors (Lipinski definition) is 3. The van der Waals surface area contributed by atoms with E-state index in [4.69, 9.17) is 4.74 Å². The average Bonchev–Trinajstić information content (AvgIpc) is 2.29. The highest BCUT2D eigenvalue weighted by Gasteiger charge is 2.05. The quantitative estimate of drug-likeness (QED) is 0.645. The van der Waals surface area contributed by atoms with Crippen LogP contribution in [0.5, 0.6) is 23.0 Å². The molecule has 0 amide bonds. The largest absolute Gasteiger partial charge is 0.504 e. The first-order valence-corrected chi connectivity index (χ1v) is 6.10. The predicted molar refractivity (Wildman–Crippen MR) is 73.7 cm³/mol. The van der Waals surface area contributed by atoms with Crippen molar-refractivity contribution in [1.29, 1.82) is 0 Å². The fourth-order valence-corrected chi connectivity index (χ4v) is 1.83. The molecule has 0 saturated heterocycles. The van der Waals surface area contributed by atoms with Crippen molar-refractivity contribution in [1.82, 2.24) is 0 Å². The first kappa shape index (κ1) is 12.0. The summed E-state index contributed by atoms with van der Waals surface area (Å²) in [5, 5.41) is 18.6. The SMILES string of the molecule is Cc1ccc(I)c(Oc2ccc(O)c(O)c2)c1. The number of ether oxygens (including phenoxy) is 1. The molecule has 0 unspecified atom stereocenters. The van der Waals surface area contributed by atoms with Gasteiger partial charge in [0.1, 0.15) is 11.5 Å². The predicted octanol–water partition coefficient (Wildman–Crippen LogP) is 3.80. The summed E-state index contributed by atoms with van der Waals surface area (Å²) in [6.07, 6.45) is 0. The molecular weight excluding hydrogens is 331 g/mol. The lowest BCUT2D eigenvalue weighted by molar-refractivity contribution is 0.397. The Morgan fingerprint density at radius 3 is 2.47 bits per heavy atom. The summed E-state index contributed by atoms with van der Waals surface area (Å²) in [4.78, 5) is 0. The van der Waals surface area contributed by atoms with E-state index in [2.05, 4.69) is 22.6 Å². The summed E-state index contributed by atoms with van der Waals surface area (Å²) >= 11 is 2.18. The van der Waals surface area contributed by atoms with Crippen LogP contribution in [0.15, 0.2) is 36.4 Å². The molecule has 0 radical (unpaired) electrons. The van der Waals surface area contributed by atoms with Gasteiger partial charge in [-0.25, -0.2) is 0 Å². The third-order valence-electron chi connectivity index (χ3n) is 2.26. The van der Waals surface area contributed by atoms with E-state index in [1.54, 1.807) is 6.07 Å². The molecular formula is C13H11IO3. The van der Waals surface area contributed by atoms with Gasteiger partial charge in [0.2, 0.25) is 0 Å². The number of phenolic OH excluding ortho intramolecular Hbond substituents is 2. The van der Waals surface area contributed by atoms with Crippen LogP contribution in [0, 0.1) is 10.5 Å². The number of phenols is 2. The minimum absolute atomic E-state index is 0.156. The van der Waals surface area contributed by atoms with Crippen LogP contribution in [-0.4, -0.2) is 10.2 Å². The summed E-state index contributed by atoms with van der Waals surface area (Å²) < 4.78 is 6.63. The minimum atomic E-state index is -0.190. The Balaban J connectivity index is 2.31. The molecule has 88 valence electrons. The van der Waals surface area contributed by atoms with Crippen LogP contribution in [0.25, 0.3) is 0 Å². The van der Waals surface area contributed by atoms with Crippen LogP contribution in [0.3, 0.4) is 0 Å². The molecule has 0 spiro atoms. The topological polar surface area (TPSA) is 49.7 Å². The van der Waals surface area contributed by atoms with E-state index in [1.807, 2.05) is 25.1 Å². The van der Waals surface area contributed by atoms with Gasteiger partial charge in [-0.2, -0.15) is 0 Å². The maximum atomic E-state index is 9.37. The van der Waals surface area contributed by atoms with Gasteiger partial charge in [0.05, 0.1) is 3.57 Å². The average molecular weight is 342 g/mol. The van der Waals surface area contributed by atoms with E-state index >= 15 is 0 Å². The molecule has 0 saturated carbocycles. The van der Waals surface area contributed by atoms with E-state index in [-0.39, 0.29) is 11.5 Å². The molecule has 0 bridgehead atoms. The Labute approximate surface area is 113 Å². The molecule has 3 nitrogen and oxygen atoms in total. The van der Waals surface area contributed by atoms with Crippen molar-refractivity contribution in [2.24, 2.45) is 0 Å². The maximum Gasteiger partial charge on any atom is 0.161 e. The fraction of sp³-hybridized carbons (Fsp3) is 0.0769. The lowest BCUT2D eigenvalue weighted by Gasteiger charge is -2.09. The normalized spacial score (nSPS) is 10.2. The molecule has 0 aliphatic rings. The van der Waals surface area contributed by atoms with Gasteiger partial charge in [-0.1, -0.05) is 6.07 Å². The van der Waals surface area contributed by atoms with E-state index in [0.29, 0.717) is 5.75 Å². The Morgan fingerprint density at radius 2 is 1.76 bits per heavy atom. The van der Waals surface area contributed by atoms with Crippen LogP contribution in [-0.2, 0) is 0 Å². The Bertz CT molecular complexity index is 552. The summed E-state index contributed by atoms with van der Waals surface area (Å²) in [7, 11) is 0. The zero-order valence-corrected chi connectivity index (χ0v) is 11.3. The molecule has 4 heteroatoms. The van der Waals surface area contributed by atoms with Gasteiger partial charge >= 0.3 is 0 Å². The lowest BCUT2D eigenvalue weighted by atomic mass is 10.2. The monoisotopic (exact) mass is 342 g/mol. The molecule has 2 aromatic carbocycles. The van der Waals surface area contributed by atoms with Crippen molar-refractivity contribution in [3.63, 3.8) is 0 Å². The lowest BCUT2D eigenvalue weighted by Crippen LogP contribution is -1.88. The molecule has 0 aromatic heterocycles. The number of hydrogen-bond donors (Lipinski definition) is 2. The summed E-state index contributed by atoms with van der Waals surface area (Å²) in [5.41, 5.74) is 1.10. The number of aromatic hydroxyl groups is 2. The molecule has 0 aliphatic heterocycles. The minimum Gasteiger partial charge on any atom is -0.504 e. The molecule has 0 aliphatic carbocycles. The van der Waals surface area contributed by atoms with Crippen LogP contribution in [0.1, 0.15) is 5.56 Å². The second kappa shape index (κ2) is 4.83. The van der Waals surface area contributed by atoms with E-state index in [0.717, 1.165) is 14.9 Å². The summed E-state index contributed by atoms with van der Waals surface area (Å²) in [6, 6.07) is 10.3. The van der Waals surface area contributed by atoms with Crippen LogP contribution in [0.4, 0.5) is 0 Å². The number of benzene rings is 2. The van der Waals surface area contributed by atoms with Gasteiger partial charge in [-0.15, -0.1) is 0 Å². The van der Waals surface area contributed by atoms with Crippen molar-refractivity contribution >= 4 is 22.6 Å². The molecule has 2 rings (SSSR count). The van der Waals surface area contributed by atoms with Gasteiger partial charge in [-0.3, -0.25) is 0 Å². The zero-order valence-electron chi connectivity index (χ0n) is 9.14. The zero-order chi connectivity index (χ0) is 12.4. The first-order chi connectivity index (χ1) is 8.06. The van der Waals surface area contributed by atoms with Gasteiger partial charge in [-0.05, 0) is 59.3 Å². The molecule has 0 fully saturated rings. The Morgan fingerprint density at radius 1 is 1.00 bits per heavy atom. The van der Waals surface area contributed by atoms with Crippen molar-refractivity contribution in [2.45, 2.75) is 6.92 Å².